The quantitative estimate of drug-likeness (QED) is 0.932. The van der Waals surface area contributed by atoms with Crippen LogP contribution in [0.25, 0.3) is 0 Å². The Morgan fingerprint density at radius 1 is 1.35 bits per heavy atom. The molecule has 5 heteroatoms. The fourth-order valence-corrected chi connectivity index (χ4v) is 4.63. The highest BCUT2D eigenvalue weighted by molar-refractivity contribution is 7.13. The number of carbonyl (C=O) groups is 1. The Morgan fingerprint density at radius 3 is 2.80 bits per heavy atom. The van der Waals surface area contributed by atoms with Crippen LogP contribution in [-0.4, -0.2) is 34.9 Å². The third kappa shape index (κ3) is 2.49. The van der Waals surface area contributed by atoms with E-state index in [0.717, 1.165) is 30.0 Å². The number of thiazole rings is 1. The highest BCUT2D eigenvalue weighted by atomic mass is 32.1. The number of hydrogen-bond donors (Lipinski definition) is 1. The van der Waals surface area contributed by atoms with Crippen LogP contribution >= 0.6 is 11.3 Å². The Morgan fingerprint density at radius 2 is 2.10 bits per heavy atom. The Labute approximate surface area is 124 Å². The van der Waals surface area contributed by atoms with Crippen molar-refractivity contribution in [2.24, 2.45) is 5.73 Å². The fourth-order valence-electron chi connectivity index (χ4n) is 3.44. The van der Waals surface area contributed by atoms with Crippen molar-refractivity contribution in [1.82, 2.24) is 9.88 Å². The molecule has 1 saturated carbocycles. The van der Waals surface area contributed by atoms with Gasteiger partial charge >= 0.3 is 0 Å². The molecule has 0 radical (unpaired) electrons. The zero-order chi connectivity index (χ0) is 14.1. The summed E-state index contributed by atoms with van der Waals surface area (Å²) in [7, 11) is 0. The van der Waals surface area contributed by atoms with Crippen LogP contribution < -0.4 is 5.73 Å². The molecule has 1 amide bonds. The van der Waals surface area contributed by atoms with Gasteiger partial charge in [0.05, 0.1) is 10.7 Å². The standard InChI is InChI=1S/C15H23N3OS/c1-10-13(15(19)18-8-4-7-12(18)9-16)20-14(17-10)11-5-2-3-6-11/h11-12H,2-9,16H2,1H3/t12-/m0/s1. The smallest absolute Gasteiger partial charge is 0.266 e. The molecular formula is C15H23N3OS. The summed E-state index contributed by atoms with van der Waals surface area (Å²) in [4.78, 5) is 20.2. The van der Waals surface area contributed by atoms with Gasteiger partial charge in [-0.25, -0.2) is 4.98 Å². The van der Waals surface area contributed by atoms with E-state index in [2.05, 4.69) is 4.98 Å². The van der Waals surface area contributed by atoms with Gasteiger partial charge in [-0.15, -0.1) is 11.3 Å². The first-order valence-corrected chi connectivity index (χ1v) is 8.50. The highest BCUT2D eigenvalue weighted by Gasteiger charge is 2.31. The molecule has 0 bridgehead atoms. The van der Waals surface area contributed by atoms with Gasteiger partial charge in [-0.1, -0.05) is 12.8 Å². The lowest BCUT2D eigenvalue weighted by atomic mass is 10.1. The van der Waals surface area contributed by atoms with E-state index in [4.69, 9.17) is 5.73 Å². The molecule has 0 unspecified atom stereocenters. The molecule has 3 rings (SSSR count). The van der Waals surface area contributed by atoms with Crippen molar-refractivity contribution in [3.05, 3.63) is 15.6 Å². The van der Waals surface area contributed by atoms with Gasteiger partial charge in [0.15, 0.2) is 0 Å². The van der Waals surface area contributed by atoms with Gasteiger partial charge in [-0.2, -0.15) is 0 Å². The van der Waals surface area contributed by atoms with Gasteiger partial charge in [0, 0.05) is 25.0 Å². The molecule has 1 atom stereocenters. The first-order valence-electron chi connectivity index (χ1n) is 7.69. The summed E-state index contributed by atoms with van der Waals surface area (Å²) in [6.45, 7) is 3.38. The predicted molar refractivity (Wildman–Crippen MR) is 81.2 cm³/mol. The second-order valence-corrected chi connectivity index (χ2v) is 7.01. The first kappa shape index (κ1) is 14.0. The molecule has 1 aromatic heterocycles. The molecule has 2 fully saturated rings. The van der Waals surface area contributed by atoms with Crippen molar-refractivity contribution < 1.29 is 4.79 Å². The van der Waals surface area contributed by atoms with Crippen molar-refractivity contribution in [2.45, 2.75) is 57.4 Å². The third-order valence-corrected chi connectivity index (χ3v) is 5.93. The Bertz CT molecular complexity index is 493. The summed E-state index contributed by atoms with van der Waals surface area (Å²) in [5, 5.41) is 1.17. The lowest BCUT2D eigenvalue weighted by Gasteiger charge is -2.22. The average Bonchev–Trinajstić information content (AvgIpc) is 3.17. The Kier molecular flexibility index (Phi) is 4.08. The molecule has 2 heterocycles. The zero-order valence-electron chi connectivity index (χ0n) is 12.1. The lowest BCUT2D eigenvalue weighted by Crippen LogP contribution is -2.39. The van der Waals surface area contributed by atoms with E-state index in [0.29, 0.717) is 12.5 Å². The summed E-state index contributed by atoms with van der Waals surface area (Å²) < 4.78 is 0. The summed E-state index contributed by atoms with van der Waals surface area (Å²) >= 11 is 1.62. The monoisotopic (exact) mass is 293 g/mol. The van der Waals surface area contributed by atoms with Crippen molar-refractivity contribution >= 4 is 17.2 Å². The molecular weight excluding hydrogens is 270 g/mol. The molecule has 1 aliphatic carbocycles. The first-order chi connectivity index (χ1) is 9.70. The van der Waals surface area contributed by atoms with E-state index in [-0.39, 0.29) is 11.9 Å². The van der Waals surface area contributed by atoms with Crippen molar-refractivity contribution in [3.8, 4) is 0 Å². The molecule has 0 spiro atoms. The molecule has 2 N–H and O–H groups in total. The number of carbonyl (C=O) groups excluding carboxylic acids is 1. The van der Waals surface area contributed by atoms with E-state index in [1.54, 1.807) is 11.3 Å². The second kappa shape index (κ2) is 5.82. The normalized spacial score (nSPS) is 23.7. The summed E-state index contributed by atoms with van der Waals surface area (Å²) in [5.41, 5.74) is 6.68. The van der Waals surface area contributed by atoms with E-state index in [1.807, 2.05) is 11.8 Å². The number of aryl methyl sites for hydroxylation is 1. The maximum Gasteiger partial charge on any atom is 0.266 e. The maximum atomic E-state index is 12.7. The lowest BCUT2D eigenvalue weighted by molar-refractivity contribution is 0.0745. The minimum absolute atomic E-state index is 0.150. The second-order valence-electron chi connectivity index (χ2n) is 5.98. The number of amides is 1. The van der Waals surface area contributed by atoms with Crippen LogP contribution in [0.1, 0.15) is 64.8 Å². The van der Waals surface area contributed by atoms with E-state index in [1.165, 1.54) is 30.7 Å². The van der Waals surface area contributed by atoms with Crippen LogP contribution in [0.5, 0.6) is 0 Å². The van der Waals surface area contributed by atoms with Crippen LogP contribution in [0.4, 0.5) is 0 Å². The average molecular weight is 293 g/mol. The summed E-state index contributed by atoms with van der Waals surface area (Å²) in [6.07, 6.45) is 7.17. The number of nitrogens with zero attached hydrogens (tertiary/aromatic N) is 2. The molecule has 110 valence electrons. The summed E-state index contributed by atoms with van der Waals surface area (Å²) in [6, 6.07) is 0.221. The number of likely N-dealkylation sites (tertiary alicyclic amines) is 1. The number of rotatable bonds is 3. The van der Waals surface area contributed by atoms with E-state index < -0.39 is 0 Å². The van der Waals surface area contributed by atoms with E-state index >= 15 is 0 Å². The molecule has 0 aromatic carbocycles. The number of nitrogens with two attached hydrogens (primary N) is 1. The van der Waals surface area contributed by atoms with Crippen molar-refractivity contribution in [2.75, 3.05) is 13.1 Å². The third-order valence-electron chi connectivity index (χ3n) is 4.62. The Hall–Kier alpha value is -0.940. The zero-order valence-corrected chi connectivity index (χ0v) is 12.9. The topological polar surface area (TPSA) is 59.2 Å². The van der Waals surface area contributed by atoms with Crippen LogP contribution in [0.15, 0.2) is 0 Å². The Balaban J connectivity index is 1.80. The predicted octanol–water partition coefficient (Wildman–Crippen LogP) is 2.67. The molecule has 1 saturated heterocycles. The molecule has 2 aliphatic rings. The largest absolute Gasteiger partial charge is 0.334 e. The summed E-state index contributed by atoms with van der Waals surface area (Å²) in [5.74, 6) is 0.737. The SMILES string of the molecule is Cc1nc(C2CCCC2)sc1C(=O)N1CCC[C@H]1CN. The minimum Gasteiger partial charge on any atom is -0.334 e. The van der Waals surface area contributed by atoms with E-state index in [9.17, 15) is 4.79 Å². The van der Waals surface area contributed by atoms with Crippen LogP contribution in [-0.2, 0) is 0 Å². The number of aromatic nitrogens is 1. The van der Waals surface area contributed by atoms with Gasteiger partial charge in [-0.05, 0) is 32.6 Å². The molecule has 1 aliphatic heterocycles. The van der Waals surface area contributed by atoms with Crippen molar-refractivity contribution in [3.63, 3.8) is 0 Å². The van der Waals surface area contributed by atoms with Crippen LogP contribution in [0, 0.1) is 6.92 Å². The van der Waals surface area contributed by atoms with Gasteiger partial charge in [0.2, 0.25) is 0 Å². The van der Waals surface area contributed by atoms with Crippen molar-refractivity contribution in [1.29, 1.82) is 0 Å². The molecule has 4 nitrogen and oxygen atoms in total. The van der Waals surface area contributed by atoms with Gasteiger partial charge in [0.25, 0.3) is 5.91 Å². The number of hydrogen-bond acceptors (Lipinski definition) is 4. The van der Waals surface area contributed by atoms with Gasteiger partial charge < -0.3 is 10.6 Å². The highest BCUT2D eigenvalue weighted by Crippen LogP contribution is 2.37. The maximum absolute atomic E-state index is 12.7. The van der Waals surface area contributed by atoms with Crippen LogP contribution in [0.2, 0.25) is 0 Å². The minimum atomic E-state index is 0.150. The molecule has 20 heavy (non-hydrogen) atoms. The van der Waals surface area contributed by atoms with Crippen LogP contribution in [0.3, 0.4) is 0 Å². The molecule has 1 aromatic rings. The fraction of sp³-hybridized carbons (Fsp3) is 0.733. The van der Waals surface area contributed by atoms with Gasteiger partial charge in [0.1, 0.15) is 4.88 Å². The van der Waals surface area contributed by atoms with Gasteiger partial charge in [-0.3, -0.25) is 4.79 Å².